The van der Waals surface area contributed by atoms with Crippen LogP contribution in [0.25, 0.3) is 0 Å². The summed E-state index contributed by atoms with van der Waals surface area (Å²) in [6.45, 7) is 17.8. The van der Waals surface area contributed by atoms with Crippen LogP contribution >= 0.6 is 0 Å². The fourth-order valence-corrected chi connectivity index (χ4v) is 7.53. The maximum atomic E-state index is 12.9. The summed E-state index contributed by atoms with van der Waals surface area (Å²) in [7, 11) is 2.26. The van der Waals surface area contributed by atoms with Crippen LogP contribution in [0.3, 0.4) is 0 Å². The molecule has 0 bridgehead atoms. The molecule has 0 aromatic rings. The van der Waals surface area contributed by atoms with Crippen LogP contribution in [0.5, 0.6) is 0 Å². The third-order valence-corrected chi connectivity index (χ3v) is 11.4. The molecule has 0 aliphatic carbocycles. The van der Waals surface area contributed by atoms with Crippen LogP contribution in [0.1, 0.15) is 260 Å². The molecule has 0 saturated heterocycles. The average Bonchev–Trinajstić information content (AvgIpc) is 3.21. The van der Waals surface area contributed by atoms with Crippen LogP contribution in [-0.2, 0) is 28.8 Å². The quantitative estimate of drug-likeness (QED) is 0.0262. The molecule has 7 nitrogen and oxygen atoms in total. The summed E-state index contributed by atoms with van der Waals surface area (Å²) < 4.78 is 10.4. The predicted molar refractivity (Wildman–Crippen MR) is 249 cm³/mol. The van der Waals surface area contributed by atoms with E-state index in [2.05, 4.69) is 44.4 Å². The Morgan fingerprint density at radius 3 is 1.33 bits per heavy atom. The van der Waals surface area contributed by atoms with Crippen LogP contribution in [0, 0.1) is 11.8 Å². The summed E-state index contributed by atoms with van der Waals surface area (Å²) in [5, 5.41) is 0. The van der Waals surface area contributed by atoms with Crippen molar-refractivity contribution in [2.24, 2.45) is 11.8 Å². The molecule has 0 aliphatic heterocycles. The van der Waals surface area contributed by atoms with Crippen LogP contribution < -0.4 is 0 Å². The minimum Gasteiger partial charge on any atom is -0.466 e. The van der Waals surface area contributed by atoms with E-state index in [1.165, 1.54) is 180 Å². The molecule has 2 unspecified atom stereocenters. The predicted octanol–water partition coefficient (Wildman–Crippen LogP) is 15.6. The maximum absolute atomic E-state index is 12.9. The summed E-state index contributed by atoms with van der Waals surface area (Å²) in [6, 6.07) is 0. The number of rotatable bonds is 45. The number of hydrogen-bond acceptors (Lipinski definition) is 7. The molecule has 0 fully saturated rings. The van der Waals surface area contributed by atoms with Gasteiger partial charge < -0.3 is 14.4 Å². The van der Waals surface area contributed by atoms with Gasteiger partial charge in [0.1, 0.15) is 0 Å². The zero-order chi connectivity index (χ0) is 43.0. The van der Waals surface area contributed by atoms with Crippen molar-refractivity contribution >= 4 is 11.9 Å². The minimum atomic E-state index is -0.0880. The van der Waals surface area contributed by atoms with Gasteiger partial charge in [0.2, 0.25) is 0 Å². The molecule has 0 amide bonds. The van der Waals surface area contributed by atoms with Crippen LogP contribution in [0.2, 0.25) is 0 Å². The molecule has 7 heteroatoms. The smallest absolute Gasteiger partial charge is 0.308 e. The number of carbonyl (C=O) groups is 2. The Balaban J connectivity index is 0. The third kappa shape index (κ3) is 45.9. The zero-order valence-electron chi connectivity index (χ0n) is 40.3. The molecule has 0 aromatic carbocycles. The normalized spacial score (nSPS) is 12.3. The summed E-state index contributed by atoms with van der Waals surface area (Å²) in [5.41, 5.74) is 0. The molecule has 0 aliphatic rings. The molecule has 2 atom stereocenters. The molecular formula is C51H103NO6. The lowest BCUT2D eigenvalue weighted by Crippen LogP contribution is -2.21. The van der Waals surface area contributed by atoms with Gasteiger partial charge in [0.05, 0.1) is 32.3 Å². The monoisotopic (exact) mass is 826 g/mol. The Labute approximate surface area is 362 Å². The van der Waals surface area contributed by atoms with E-state index in [0.29, 0.717) is 25.6 Å². The van der Waals surface area contributed by atoms with Crippen molar-refractivity contribution in [1.82, 2.24) is 4.90 Å². The van der Waals surface area contributed by atoms with Crippen molar-refractivity contribution in [1.29, 1.82) is 0 Å². The lowest BCUT2D eigenvalue weighted by atomic mass is 9.94. The number of unbranched alkanes of at least 4 members (excludes halogenated alkanes) is 22. The van der Waals surface area contributed by atoms with Gasteiger partial charge >= 0.3 is 11.9 Å². The highest BCUT2D eigenvalue weighted by Crippen LogP contribution is 2.22. The van der Waals surface area contributed by atoms with E-state index < -0.39 is 0 Å². The standard InChI is InChI=1S/C45H91NO4.C6H12O2/c1-6-10-14-18-20-27-35-43(34-26-16-12-8-3)42-50-49-41-33-25-23-31-39-46(5)38-30-22-24-32-40-48-45(47)44(36-28-17-13-9-4)37-29-21-19-15-11-7-2;1-3-5-6(7)8-4-2/h43-44H,6-42H2,1-5H3;3-5H2,1-2H3. The van der Waals surface area contributed by atoms with Crippen LogP contribution in [0.15, 0.2) is 0 Å². The second-order valence-electron chi connectivity index (χ2n) is 17.3. The van der Waals surface area contributed by atoms with Gasteiger partial charge in [-0.3, -0.25) is 9.59 Å². The summed E-state index contributed by atoms with van der Waals surface area (Å²) in [6.07, 6.45) is 41.7. The van der Waals surface area contributed by atoms with Crippen molar-refractivity contribution in [3.8, 4) is 0 Å². The maximum Gasteiger partial charge on any atom is 0.308 e. The number of carbonyl (C=O) groups excluding carboxylic acids is 2. The molecule has 0 saturated carbocycles. The Bertz CT molecular complexity index is 802. The molecule has 348 valence electrons. The largest absolute Gasteiger partial charge is 0.466 e. The summed E-state index contributed by atoms with van der Waals surface area (Å²) in [4.78, 5) is 37.1. The van der Waals surface area contributed by atoms with E-state index in [-0.39, 0.29) is 17.9 Å². The van der Waals surface area contributed by atoms with E-state index in [0.717, 1.165) is 58.3 Å². The second kappa shape index (κ2) is 50.2. The van der Waals surface area contributed by atoms with Crippen molar-refractivity contribution in [3.63, 3.8) is 0 Å². The number of nitrogens with zero attached hydrogens (tertiary/aromatic N) is 1. The Hall–Kier alpha value is -1.18. The third-order valence-electron chi connectivity index (χ3n) is 11.4. The first-order valence-corrected chi connectivity index (χ1v) is 25.6. The number of esters is 2. The molecule has 0 N–H and O–H groups in total. The van der Waals surface area contributed by atoms with Gasteiger partial charge in [-0.1, -0.05) is 189 Å². The first-order valence-electron chi connectivity index (χ1n) is 25.6. The first kappa shape index (κ1) is 58.9. The number of hydrogen-bond donors (Lipinski definition) is 0. The Morgan fingerprint density at radius 2 is 0.845 bits per heavy atom. The molecule has 0 spiro atoms. The SMILES string of the molecule is CCCC(=O)OCC.CCCCCCCCC(CCCCCC)COOCCCCCCN(C)CCCCCCOC(=O)C(CCCCCC)CCCCCCCC. The minimum absolute atomic E-state index is 0.0782. The van der Waals surface area contributed by atoms with Crippen molar-refractivity contribution < 1.29 is 28.8 Å². The molecule has 0 rings (SSSR count). The van der Waals surface area contributed by atoms with Gasteiger partial charge in [-0.15, -0.1) is 0 Å². The Morgan fingerprint density at radius 1 is 0.431 bits per heavy atom. The van der Waals surface area contributed by atoms with E-state index in [1.54, 1.807) is 0 Å². The van der Waals surface area contributed by atoms with Crippen LogP contribution in [0.4, 0.5) is 0 Å². The average molecular weight is 826 g/mol. The van der Waals surface area contributed by atoms with Gasteiger partial charge in [-0.05, 0) is 90.8 Å². The van der Waals surface area contributed by atoms with E-state index in [1.807, 2.05) is 13.8 Å². The molecule has 58 heavy (non-hydrogen) atoms. The highest BCUT2D eigenvalue weighted by Gasteiger charge is 2.19. The molecule has 0 radical (unpaired) electrons. The highest BCUT2D eigenvalue weighted by atomic mass is 17.2. The summed E-state index contributed by atoms with van der Waals surface area (Å²) >= 11 is 0. The van der Waals surface area contributed by atoms with Gasteiger partial charge in [-0.2, -0.15) is 0 Å². The lowest BCUT2D eigenvalue weighted by molar-refractivity contribution is -0.302. The van der Waals surface area contributed by atoms with E-state index in [9.17, 15) is 9.59 Å². The van der Waals surface area contributed by atoms with E-state index >= 15 is 0 Å². The van der Waals surface area contributed by atoms with Crippen LogP contribution in [-0.4, -0.2) is 63.4 Å². The van der Waals surface area contributed by atoms with Gasteiger partial charge in [-0.25, -0.2) is 9.78 Å². The van der Waals surface area contributed by atoms with Gasteiger partial charge in [0, 0.05) is 6.42 Å². The second-order valence-corrected chi connectivity index (χ2v) is 17.3. The lowest BCUT2D eigenvalue weighted by Gasteiger charge is -2.17. The molecule has 0 aromatic heterocycles. The molecule has 0 heterocycles. The molecular weight excluding hydrogens is 723 g/mol. The van der Waals surface area contributed by atoms with Gasteiger partial charge in [0.15, 0.2) is 0 Å². The van der Waals surface area contributed by atoms with Crippen molar-refractivity contribution in [2.75, 3.05) is 46.6 Å². The topological polar surface area (TPSA) is 74.3 Å². The number of ether oxygens (including phenoxy) is 2. The fraction of sp³-hybridized carbons (Fsp3) is 0.961. The first-order chi connectivity index (χ1) is 28.4. The zero-order valence-corrected chi connectivity index (χ0v) is 40.3. The van der Waals surface area contributed by atoms with Crippen molar-refractivity contribution in [2.45, 2.75) is 260 Å². The Kier molecular flexibility index (Phi) is 51.0. The highest BCUT2D eigenvalue weighted by molar-refractivity contribution is 5.72. The van der Waals surface area contributed by atoms with Crippen molar-refractivity contribution in [3.05, 3.63) is 0 Å². The fourth-order valence-electron chi connectivity index (χ4n) is 7.53. The van der Waals surface area contributed by atoms with E-state index in [4.69, 9.17) is 14.5 Å². The summed E-state index contributed by atoms with van der Waals surface area (Å²) in [5.74, 6) is 0.771. The van der Waals surface area contributed by atoms with Gasteiger partial charge in [0.25, 0.3) is 0 Å².